The van der Waals surface area contributed by atoms with E-state index >= 15 is 0 Å². The Kier molecular flexibility index (Phi) is 4.10. The number of nitrogens with one attached hydrogen (secondary N) is 2. The molecule has 2 N–H and O–H groups in total. The summed E-state index contributed by atoms with van der Waals surface area (Å²) >= 11 is 7.49. The van der Waals surface area contributed by atoms with Gasteiger partial charge >= 0.3 is 0 Å². The molecule has 0 aliphatic carbocycles. The molecule has 0 saturated carbocycles. The van der Waals surface area contributed by atoms with Gasteiger partial charge in [0.1, 0.15) is 5.82 Å². The van der Waals surface area contributed by atoms with E-state index in [2.05, 4.69) is 15.3 Å². The number of benzene rings is 1. The first-order chi connectivity index (χ1) is 9.72. The van der Waals surface area contributed by atoms with Gasteiger partial charge in [0.25, 0.3) is 5.56 Å². The van der Waals surface area contributed by atoms with Gasteiger partial charge < -0.3 is 10.3 Å². The Hall–Kier alpha value is -1.30. The molecule has 1 aliphatic rings. The highest BCUT2D eigenvalue weighted by atomic mass is 35.5. The lowest BCUT2D eigenvalue weighted by Crippen LogP contribution is -2.32. The van der Waals surface area contributed by atoms with Crippen LogP contribution in [0.25, 0.3) is 0 Å². The summed E-state index contributed by atoms with van der Waals surface area (Å²) < 4.78 is 0. The van der Waals surface area contributed by atoms with E-state index < -0.39 is 0 Å². The topological polar surface area (TPSA) is 57.8 Å². The van der Waals surface area contributed by atoms with Crippen molar-refractivity contribution < 1.29 is 0 Å². The normalized spacial score (nSPS) is 14.1. The van der Waals surface area contributed by atoms with Gasteiger partial charge in [-0.2, -0.15) is 0 Å². The Morgan fingerprint density at radius 2 is 2.10 bits per heavy atom. The summed E-state index contributed by atoms with van der Waals surface area (Å²) in [5.41, 5.74) is 1.68. The van der Waals surface area contributed by atoms with Crippen LogP contribution >= 0.6 is 23.4 Å². The molecule has 0 atom stereocenters. The minimum Gasteiger partial charge on any atom is -0.312 e. The monoisotopic (exact) mass is 307 g/mol. The predicted octanol–water partition coefficient (Wildman–Crippen LogP) is 2.36. The Labute approximate surface area is 126 Å². The average Bonchev–Trinajstić information content (AvgIpc) is 2.47. The quantitative estimate of drug-likeness (QED) is 0.855. The van der Waals surface area contributed by atoms with Crippen LogP contribution in [0.5, 0.6) is 0 Å². The van der Waals surface area contributed by atoms with Gasteiger partial charge in [0.05, 0.1) is 17.0 Å². The average molecular weight is 308 g/mol. The van der Waals surface area contributed by atoms with E-state index in [1.807, 2.05) is 24.3 Å². The zero-order valence-corrected chi connectivity index (χ0v) is 12.4. The first kappa shape index (κ1) is 13.7. The van der Waals surface area contributed by atoms with Crippen LogP contribution < -0.4 is 10.9 Å². The molecule has 20 heavy (non-hydrogen) atoms. The van der Waals surface area contributed by atoms with Crippen molar-refractivity contribution in [1.82, 2.24) is 15.3 Å². The van der Waals surface area contributed by atoms with E-state index in [1.54, 1.807) is 11.8 Å². The fraction of sp³-hybridized carbons (Fsp3) is 0.286. The maximum atomic E-state index is 12.0. The van der Waals surface area contributed by atoms with Gasteiger partial charge in [0, 0.05) is 29.4 Å². The zero-order chi connectivity index (χ0) is 13.9. The number of halogens is 1. The number of nitrogens with zero attached hydrogens (tertiary/aromatic N) is 1. The number of aromatic nitrogens is 2. The van der Waals surface area contributed by atoms with Crippen LogP contribution in [0.3, 0.4) is 0 Å². The summed E-state index contributed by atoms with van der Waals surface area (Å²) in [6, 6.07) is 7.65. The Morgan fingerprint density at radius 1 is 1.30 bits per heavy atom. The number of hydrogen-bond acceptors (Lipinski definition) is 4. The van der Waals surface area contributed by atoms with E-state index in [9.17, 15) is 4.79 Å². The number of thioether (sulfide) groups is 1. The van der Waals surface area contributed by atoms with Crippen molar-refractivity contribution in [2.45, 2.75) is 23.6 Å². The Bertz CT molecular complexity index is 669. The van der Waals surface area contributed by atoms with Crippen molar-refractivity contribution >= 4 is 23.4 Å². The molecule has 4 nitrogen and oxygen atoms in total. The van der Waals surface area contributed by atoms with Crippen molar-refractivity contribution in [1.29, 1.82) is 0 Å². The summed E-state index contributed by atoms with van der Waals surface area (Å²) in [7, 11) is 0. The molecule has 0 saturated heterocycles. The van der Waals surface area contributed by atoms with Crippen LogP contribution in [0.2, 0.25) is 5.02 Å². The summed E-state index contributed by atoms with van der Waals surface area (Å²) in [6.45, 7) is 1.50. The van der Waals surface area contributed by atoms with E-state index in [-0.39, 0.29) is 5.56 Å². The molecule has 2 aromatic rings. The van der Waals surface area contributed by atoms with Crippen LogP contribution in [0.4, 0.5) is 0 Å². The van der Waals surface area contributed by atoms with Crippen molar-refractivity contribution in [2.75, 3.05) is 6.54 Å². The maximum absolute atomic E-state index is 12.0. The molecule has 1 aromatic heterocycles. The second-order valence-corrected chi connectivity index (χ2v) is 6.09. The standard InChI is InChI=1S/C14H14ClN3OS/c15-9-1-3-10(4-2-9)20-8-13-17-12-5-6-16-7-11(12)14(19)18-13/h1-4,16H,5-8H2,(H,17,18,19). The fourth-order valence-electron chi connectivity index (χ4n) is 2.16. The summed E-state index contributed by atoms with van der Waals surface area (Å²) in [6.07, 6.45) is 0.817. The third-order valence-corrected chi connectivity index (χ3v) is 4.45. The number of fused-ring (bicyclic) bond motifs is 1. The predicted molar refractivity (Wildman–Crippen MR) is 81.3 cm³/mol. The molecule has 0 spiro atoms. The number of hydrogen-bond donors (Lipinski definition) is 2. The molecular weight excluding hydrogens is 294 g/mol. The summed E-state index contributed by atoms with van der Waals surface area (Å²) in [5.74, 6) is 1.38. The highest BCUT2D eigenvalue weighted by Gasteiger charge is 2.14. The lowest BCUT2D eigenvalue weighted by atomic mass is 10.1. The first-order valence-corrected chi connectivity index (χ1v) is 7.79. The van der Waals surface area contributed by atoms with Crippen LogP contribution in [0.1, 0.15) is 17.1 Å². The van der Waals surface area contributed by atoms with Crippen LogP contribution in [0, 0.1) is 0 Å². The smallest absolute Gasteiger partial charge is 0.255 e. The first-order valence-electron chi connectivity index (χ1n) is 6.42. The minimum absolute atomic E-state index is 0.0195. The number of rotatable bonds is 3. The number of aromatic amines is 1. The molecule has 104 valence electrons. The molecule has 0 unspecified atom stereocenters. The van der Waals surface area contributed by atoms with Gasteiger partial charge in [0.15, 0.2) is 0 Å². The second-order valence-electron chi connectivity index (χ2n) is 4.61. The van der Waals surface area contributed by atoms with Crippen molar-refractivity contribution in [3.8, 4) is 0 Å². The maximum Gasteiger partial charge on any atom is 0.255 e. The van der Waals surface area contributed by atoms with Crippen LogP contribution in [-0.2, 0) is 18.7 Å². The van der Waals surface area contributed by atoms with E-state index in [0.29, 0.717) is 12.3 Å². The van der Waals surface area contributed by atoms with Crippen molar-refractivity contribution in [3.63, 3.8) is 0 Å². The fourth-order valence-corrected chi connectivity index (χ4v) is 3.05. The highest BCUT2D eigenvalue weighted by Crippen LogP contribution is 2.23. The van der Waals surface area contributed by atoms with Gasteiger partial charge in [0.2, 0.25) is 0 Å². The molecule has 0 radical (unpaired) electrons. The SMILES string of the molecule is O=c1[nH]c(CSc2ccc(Cl)cc2)nc2c1CNCC2. The van der Waals surface area contributed by atoms with Crippen molar-refractivity contribution in [2.24, 2.45) is 0 Å². The molecule has 0 fully saturated rings. The Morgan fingerprint density at radius 3 is 2.90 bits per heavy atom. The van der Waals surface area contributed by atoms with Crippen LogP contribution in [-0.4, -0.2) is 16.5 Å². The van der Waals surface area contributed by atoms with Gasteiger partial charge in [-0.3, -0.25) is 4.79 Å². The minimum atomic E-state index is -0.0195. The van der Waals surface area contributed by atoms with E-state index in [4.69, 9.17) is 11.6 Å². The van der Waals surface area contributed by atoms with Crippen molar-refractivity contribution in [3.05, 3.63) is 56.7 Å². The third-order valence-electron chi connectivity index (χ3n) is 3.18. The molecule has 3 rings (SSSR count). The third kappa shape index (κ3) is 3.06. The molecular formula is C14H14ClN3OS. The van der Waals surface area contributed by atoms with Gasteiger partial charge in [-0.05, 0) is 24.3 Å². The molecule has 2 heterocycles. The summed E-state index contributed by atoms with van der Waals surface area (Å²) in [5, 5.41) is 3.91. The van der Waals surface area contributed by atoms with E-state index in [1.165, 1.54) is 0 Å². The molecule has 0 bridgehead atoms. The van der Waals surface area contributed by atoms with Gasteiger partial charge in [-0.15, -0.1) is 11.8 Å². The Balaban J connectivity index is 1.76. The highest BCUT2D eigenvalue weighted by molar-refractivity contribution is 7.98. The van der Waals surface area contributed by atoms with E-state index in [0.717, 1.165) is 40.0 Å². The molecule has 6 heteroatoms. The molecule has 1 aromatic carbocycles. The largest absolute Gasteiger partial charge is 0.312 e. The number of H-pyrrole nitrogens is 1. The zero-order valence-electron chi connectivity index (χ0n) is 10.8. The lowest BCUT2D eigenvalue weighted by Gasteiger charge is -2.15. The van der Waals surface area contributed by atoms with Gasteiger partial charge in [-0.25, -0.2) is 4.98 Å². The molecule has 0 amide bonds. The van der Waals surface area contributed by atoms with Gasteiger partial charge in [-0.1, -0.05) is 11.6 Å². The second kappa shape index (κ2) is 5.99. The molecule has 1 aliphatic heterocycles. The lowest BCUT2D eigenvalue weighted by molar-refractivity contribution is 0.616. The summed E-state index contributed by atoms with van der Waals surface area (Å²) in [4.78, 5) is 20.5. The van der Waals surface area contributed by atoms with Crippen LogP contribution in [0.15, 0.2) is 34.0 Å².